The number of barbiturate groups is 1. The molecule has 1 fully saturated rings. The highest BCUT2D eigenvalue weighted by Gasteiger charge is 2.26. The molecule has 1 aliphatic rings. The second kappa shape index (κ2) is 8.61. The number of non-ortho nitro benzene ring substituents is 1. The van der Waals surface area contributed by atoms with Crippen LogP contribution in [0.1, 0.15) is 11.1 Å². The normalized spacial score (nSPS) is 13.8. The number of nitrogens with zero attached hydrogens (tertiary/aromatic N) is 1. The number of ether oxygens (including phenoxy) is 1. The van der Waals surface area contributed by atoms with Crippen LogP contribution in [0.5, 0.6) is 5.75 Å². The van der Waals surface area contributed by atoms with Crippen molar-refractivity contribution in [1.82, 2.24) is 10.6 Å². The molecule has 0 saturated carbocycles. The van der Waals surface area contributed by atoms with Crippen molar-refractivity contribution in [3.05, 3.63) is 87.5 Å². The number of allylic oxidation sites excluding steroid dienone is 2. The molecule has 1 saturated heterocycles. The molecule has 2 N–H and O–H groups in total. The number of carbonyl (C=O) groups excluding carboxylic acids is 3. The van der Waals surface area contributed by atoms with Crippen molar-refractivity contribution in [2.45, 2.75) is 6.61 Å². The molecule has 9 nitrogen and oxygen atoms in total. The van der Waals surface area contributed by atoms with Gasteiger partial charge in [0.15, 0.2) is 0 Å². The van der Waals surface area contributed by atoms with Gasteiger partial charge in [-0.15, -0.1) is 0 Å². The summed E-state index contributed by atoms with van der Waals surface area (Å²) in [7, 11) is 0. The first-order valence-corrected chi connectivity index (χ1v) is 8.43. The molecule has 0 atom stereocenters. The Hall–Kier alpha value is -4.27. The summed E-state index contributed by atoms with van der Waals surface area (Å²) in [5.74, 6) is -0.889. The summed E-state index contributed by atoms with van der Waals surface area (Å²) in [5.41, 5.74) is 1.46. The highest BCUT2D eigenvalue weighted by Crippen LogP contribution is 2.17. The maximum absolute atomic E-state index is 11.6. The molecule has 146 valence electrons. The van der Waals surface area contributed by atoms with Gasteiger partial charge in [0.25, 0.3) is 17.5 Å². The van der Waals surface area contributed by atoms with Crippen molar-refractivity contribution < 1.29 is 24.0 Å². The first-order chi connectivity index (χ1) is 13.9. The Morgan fingerprint density at radius 3 is 2.14 bits per heavy atom. The molecule has 3 rings (SSSR count). The fourth-order valence-electron chi connectivity index (χ4n) is 2.44. The number of nitrogens with one attached hydrogen (secondary N) is 2. The zero-order valence-electron chi connectivity index (χ0n) is 15.0. The second-order valence-corrected chi connectivity index (χ2v) is 5.96. The van der Waals surface area contributed by atoms with Gasteiger partial charge in [-0.3, -0.25) is 30.3 Å². The van der Waals surface area contributed by atoms with E-state index in [2.05, 4.69) is 0 Å². The van der Waals surface area contributed by atoms with E-state index in [1.165, 1.54) is 24.3 Å². The second-order valence-electron chi connectivity index (χ2n) is 5.96. The topological polar surface area (TPSA) is 128 Å². The lowest BCUT2D eigenvalue weighted by Gasteiger charge is -2.12. The van der Waals surface area contributed by atoms with Crippen LogP contribution in [0.2, 0.25) is 0 Å². The van der Waals surface area contributed by atoms with Crippen molar-refractivity contribution in [3.8, 4) is 5.75 Å². The van der Waals surface area contributed by atoms with E-state index >= 15 is 0 Å². The Morgan fingerprint density at radius 1 is 0.931 bits per heavy atom. The van der Waals surface area contributed by atoms with Crippen LogP contribution < -0.4 is 15.4 Å². The average Bonchev–Trinajstić information content (AvgIpc) is 2.69. The Bertz CT molecular complexity index is 1000. The van der Waals surface area contributed by atoms with E-state index in [0.717, 1.165) is 11.1 Å². The Labute approximate surface area is 164 Å². The Morgan fingerprint density at radius 2 is 1.55 bits per heavy atom. The summed E-state index contributed by atoms with van der Waals surface area (Å²) in [6.45, 7) is 0.266. The minimum atomic E-state index is -0.842. The maximum Gasteiger partial charge on any atom is 0.328 e. The average molecular weight is 393 g/mol. The largest absolute Gasteiger partial charge is 0.489 e. The molecule has 29 heavy (non-hydrogen) atoms. The number of hydrogen-bond acceptors (Lipinski definition) is 6. The lowest BCUT2D eigenvalue weighted by atomic mass is 10.1. The smallest absolute Gasteiger partial charge is 0.328 e. The van der Waals surface area contributed by atoms with E-state index in [1.807, 2.05) is 10.6 Å². The zero-order chi connectivity index (χ0) is 20.8. The predicted molar refractivity (Wildman–Crippen MR) is 103 cm³/mol. The number of carbonyl (C=O) groups is 3. The summed E-state index contributed by atoms with van der Waals surface area (Å²) in [5, 5.41) is 14.6. The highest BCUT2D eigenvalue weighted by atomic mass is 16.6. The number of urea groups is 1. The fourth-order valence-corrected chi connectivity index (χ4v) is 2.44. The van der Waals surface area contributed by atoms with Gasteiger partial charge in [-0.05, 0) is 41.5 Å². The number of nitro benzene ring substituents is 1. The number of amides is 4. The van der Waals surface area contributed by atoms with Crippen molar-refractivity contribution in [2.24, 2.45) is 0 Å². The van der Waals surface area contributed by atoms with Gasteiger partial charge in [-0.25, -0.2) is 4.79 Å². The lowest BCUT2D eigenvalue weighted by Crippen LogP contribution is -2.51. The molecule has 1 aliphatic heterocycles. The van der Waals surface area contributed by atoms with E-state index in [9.17, 15) is 24.5 Å². The summed E-state index contributed by atoms with van der Waals surface area (Å²) in [4.78, 5) is 44.4. The van der Waals surface area contributed by atoms with Crippen LogP contribution in [-0.4, -0.2) is 22.8 Å². The van der Waals surface area contributed by atoms with Gasteiger partial charge in [0.1, 0.15) is 17.9 Å². The third kappa shape index (κ3) is 5.13. The first kappa shape index (κ1) is 19.5. The zero-order valence-corrected chi connectivity index (χ0v) is 15.0. The van der Waals surface area contributed by atoms with Crippen LogP contribution in [0, 0.1) is 10.1 Å². The van der Waals surface area contributed by atoms with Crippen LogP contribution in [0.25, 0.3) is 6.08 Å². The standard InChI is InChI=1S/C20H15N3O6/c24-18-17(19(25)22-20(26)21-18)3-1-2-13-6-10-16(11-7-13)29-12-14-4-8-15(9-5-14)23(27)28/h1-11H,12H2,(H2,21,22,24,25,26)/b2-1+. The van der Waals surface area contributed by atoms with Gasteiger partial charge in [0, 0.05) is 12.1 Å². The number of rotatable bonds is 6. The lowest BCUT2D eigenvalue weighted by molar-refractivity contribution is -0.384. The number of nitro groups is 1. The Balaban J connectivity index is 1.57. The molecule has 0 bridgehead atoms. The van der Waals surface area contributed by atoms with E-state index in [-0.39, 0.29) is 17.9 Å². The van der Waals surface area contributed by atoms with Gasteiger partial charge in [0.05, 0.1) is 4.92 Å². The summed E-state index contributed by atoms with van der Waals surface area (Å²) in [6, 6.07) is 12.3. The summed E-state index contributed by atoms with van der Waals surface area (Å²) in [6.07, 6.45) is 4.53. The van der Waals surface area contributed by atoms with E-state index < -0.39 is 22.8 Å². The first-order valence-electron chi connectivity index (χ1n) is 8.43. The monoisotopic (exact) mass is 393 g/mol. The molecule has 0 aromatic heterocycles. The van der Waals surface area contributed by atoms with Crippen molar-refractivity contribution in [3.63, 3.8) is 0 Å². The van der Waals surface area contributed by atoms with Crippen LogP contribution in [-0.2, 0) is 16.2 Å². The van der Waals surface area contributed by atoms with Crippen LogP contribution >= 0.6 is 0 Å². The molecule has 9 heteroatoms. The van der Waals surface area contributed by atoms with Gasteiger partial charge >= 0.3 is 6.03 Å². The fraction of sp³-hybridized carbons (Fsp3) is 0.0500. The molecule has 0 unspecified atom stereocenters. The highest BCUT2D eigenvalue weighted by molar-refractivity contribution is 6.29. The van der Waals surface area contributed by atoms with Gasteiger partial charge in [0.2, 0.25) is 0 Å². The summed E-state index contributed by atoms with van der Waals surface area (Å²) >= 11 is 0. The molecule has 0 aliphatic carbocycles. The molecule has 1 heterocycles. The SMILES string of the molecule is O=C1NC(=O)C(=C/C=C/c2ccc(OCc3ccc([N+](=O)[O-])cc3)cc2)C(=O)N1. The van der Waals surface area contributed by atoms with Crippen molar-refractivity contribution in [1.29, 1.82) is 0 Å². The van der Waals surface area contributed by atoms with Gasteiger partial charge in [-0.2, -0.15) is 0 Å². The minimum Gasteiger partial charge on any atom is -0.489 e. The molecular formula is C20H15N3O6. The minimum absolute atomic E-state index is 0.0228. The van der Waals surface area contributed by atoms with Crippen LogP contribution in [0.15, 0.2) is 66.3 Å². The van der Waals surface area contributed by atoms with E-state index in [4.69, 9.17) is 4.74 Å². The van der Waals surface area contributed by atoms with Crippen molar-refractivity contribution >= 4 is 29.6 Å². The number of benzene rings is 2. The van der Waals surface area contributed by atoms with Crippen LogP contribution in [0.3, 0.4) is 0 Å². The molecule has 4 amide bonds. The molecular weight excluding hydrogens is 378 g/mol. The van der Waals surface area contributed by atoms with E-state index in [0.29, 0.717) is 5.75 Å². The number of imide groups is 2. The van der Waals surface area contributed by atoms with Crippen LogP contribution in [0.4, 0.5) is 10.5 Å². The quantitative estimate of drug-likeness (QED) is 0.336. The molecule has 2 aromatic rings. The maximum atomic E-state index is 11.6. The molecule has 2 aromatic carbocycles. The third-order valence-corrected chi connectivity index (χ3v) is 3.93. The van der Waals surface area contributed by atoms with Crippen molar-refractivity contribution in [2.75, 3.05) is 0 Å². The Kier molecular flexibility index (Phi) is 5.79. The third-order valence-electron chi connectivity index (χ3n) is 3.93. The number of hydrogen-bond donors (Lipinski definition) is 2. The van der Waals surface area contributed by atoms with E-state index in [1.54, 1.807) is 42.5 Å². The van der Waals surface area contributed by atoms with Gasteiger partial charge < -0.3 is 4.74 Å². The molecule has 0 radical (unpaired) electrons. The predicted octanol–water partition coefficient (Wildman–Crippen LogP) is 2.48. The van der Waals surface area contributed by atoms with Gasteiger partial charge in [-0.1, -0.05) is 24.3 Å². The molecule has 0 spiro atoms. The summed E-state index contributed by atoms with van der Waals surface area (Å²) < 4.78 is 5.64.